The van der Waals surface area contributed by atoms with Crippen LogP contribution in [-0.2, 0) is 0 Å². The highest BCUT2D eigenvalue weighted by molar-refractivity contribution is 9.10. The van der Waals surface area contributed by atoms with Crippen molar-refractivity contribution in [3.63, 3.8) is 0 Å². The predicted octanol–water partition coefficient (Wildman–Crippen LogP) is 5.03. The van der Waals surface area contributed by atoms with Crippen LogP contribution < -0.4 is 5.32 Å². The molecule has 0 spiro atoms. The van der Waals surface area contributed by atoms with Crippen molar-refractivity contribution < 1.29 is 4.39 Å². The van der Waals surface area contributed by atoms with Gasteiger partial charge in [0.25, 0.3) is 0 Å². The standard InChI is InChI=1S/C11H6BrCl2FN2/c12-6-3-9(14)11(16-5-6)17-10-4-7(15)1-2-8(10)13/h1-5H,(H,16,17). The summed E-state index contributed by atoms with van der Waals surface area (Å²) in [5, 5.41) is 3.68. The summed E-state index contributed by atoms with van der Waals surface area (Å²) in [4.78, 5) is 4.07. The first-order valence-corrected chi connectivity index (χ1v) is 6.14. The summed E-state index contributed by atoms with van der Waals surface area (Å²) in [7, 11) is 0. The monoisotopic (exact) mass is 334 g/mol. The number of pyridine rings is 1. The lowest BCUT2D eigenvalue weighted by Gasteiger charge is -2.09. The molecule has 0 aliphatic heterocycles. The van der Waals surface area contributed by atoms with Crippen LogP contribution in [0.2, 0.25) is 10.0 Å². The maximum absolute atomic E-state index is 13.1. The quantitative estimate of drug-likeness (QED) is 0.832. The molecule has 0 fully saturated rings. The minimum atomic E-state index is -0.384. The lowest BCUT2D eigenvalue weighted by atomic mass is 10.3. The molecule has 1 heterocycles. The summed E-state index contributed by atoms with van der Waals surface area (Å²) < 4.78 is 13.8. The van der Waals surface area contributed by atoms with Crippen molar-refractivity contribution >= 4 is 50.6 Å². The molecule has 0 bridgehead atoms. The maximum atomic E-state index is 13.1. The SMILES string of the molecule is Fc1ccc(Cl)c(Nc2ncc(Br)cc2Cl)c1. The Bertz CT molecular complexity index is 563. The zero-order chi connectivity index (χ0) is 12.4. The molecular weight excluding hydrogens is 330 g/mol. The Labute approximate surface area is 116 Å². The molecule has 17 heavy (non-hydrogen) atoms. The number of benzene rings is 1. The van der Waals surface area contributed by atoms with Crippen LogP contribution in [0.5, 0.6) is 0 Å². The Balaban J connectivity index is 2.34. The molecule has 0 unspecified atom stereocenters. The first-order valence-electron chi connectivity index (χ1n) is 4.59. The summed E-state index contributed by atoms with van der Waals surface area (Å²) >= 11 is 15.1. The Morgan fingerprint density at radius 1 is 1.18 bits per heavy atom. The molecule has 2 nitrogen and oxygen atoms in total. The van der Waals surface area contributed by atoms with Gasteiger partial charge in [0, 0.05) is 10.7 Å². The van der Waals surface area contributed by atoms with E-state index < -0.39 is 0 Å². The fourth-order valence-corrected chi connectivity index (χ4v) is 2.07. The van der Waals surface area contributed by atoms with Crippen molar-refractivity contribution in [2.45, 2.75) is 0 Å². The average molecular weight is 336 g/mol. The highest BCUT2D eigenvalue weighted by Gasteiger charge is 2.07. The number of aromatic nitrogens is 1. The van der Waals surface area contributed by atoms with Crippen LogP contribution in [0.15, 0.2) is 34.9 Å². The molecule has 1 aromatic carbocycles. The molecular formula is C11H6BrCl2FN2. The molecule has 0 saturated carbocycles. The second kappa shape index (κ2) is 5.21. The molecule has 0 amide bonds. The molecule has 0 atom stereocenters. The second-order valence-corrected chi connectivity index (χ2v) is 4.96. The molecule has 2 aromatic rings. The van der Waals surface area contributed by atoms with Crippen LogP contribution >= 0.6 is 39.1 Å². The van der Waals surface area contributed by atoms with Crippen LogP contribution in [0.3, 0.4) is 0 Å². The van der Waals surface area contributed by atoms with E-state index in [0.717, 1.165) is 4.47 Å². The van der Waals surface area contributed by atoms with Gasteiger partial charge in [-0.25, -0.2) is 9.37 Å². The first-order chi connectivity index (χ1) is 8.06. The van der Waals surface area contributed by atoms with Crippen molar-refractivity contribution in [3.8, 4) is 0 Å². The highest BCUT2D eigenvalue weighted by Crippen LogP contribution is 2.29. The number of anilines is 2. The maximum Gasteiger partial charge on any atom is 0.149 e. The Morgan fingerprint density at radius 2 is 1.94 bits per heavy atom. The third-order valence-electron chi connectivity index (χ3n) is 1.99. The van der Waals surface area contributed by atoms with Gasteiger partial charge in [0.2, 0.25) is 0 Å². The summed E-state index contributed by atoms with van der Waals surface area (Å²) in [6.45, 7) is 0. The third kappa shape index (κ3) is 3.09. The minimum absolute atomic E-state index is 0.384. The number of halogens is 4. The molecule has 6 heteroatoms. The lowest BCUT2D eigenvalue weighted by Crippen LogP contribution is -1.95. The number of nitrogens with one attached hydrogen (secondary N) is 1. The van der Waals surface area contributed by atoms with Gasteiger partial charge in [-0.3, -0.25) is 0 Å². The first kappa shape index (κ1) is 12.6. The zero-order valence-corrected chi connectivity index (χ0v) is 11.4. The predicted molar refractivity (Wildman–Crippen MR) is 71.6 cm³/mol. The van der Waals surface area contributed by atoms with Crippen LogP contribution in [0.25, 0.3) is 0 Å². The van der Waals surface area contributed by atoms with Gasteiger partial charge in [-0.15, -0.1) is 0 Å². The summed E-state index contributed by atoms with van der Waals surface area (Å²) in [5.41, 5.74) is 0.420. The van der Waals surface area contributed by atoms with Gasteiger partial charge in [-0.05, 0) is 40.2 Å². The molecule has 0 radical (unpaired) electrons. The van der Waals surface area contributed by atoms with Gasteiger partial charge in [-0.1, -0.05) is 23.2 Å². The van der Waals surface area contributed by atoms with E-state index >= 15 is 0 Å². The number of hydrogen-bond acceptors (Lipinski definition) is 2. The second-order valence-electron chi connectivity index (χ2n) is 3.23. The van der Waals surface area contributed by atoms with Crippen LogP contribution in [0.1, 0.15) is 0 Å². The molecule has 88 valence electrons. The van der Waals surface area contributed by atoms with E-state index in [1.54, 1.807) is 12.3 Å². The van der Waals surface area contributed by atoms with E-state index in [1.807, 2.05) is 0 Å². The number of rotatable bonds is 2. The average Bonchev–Trinajstić information content (AvgIpc) is 2.27. The molecule has 1 aromatic heterocycles. The minimum Gasteiger partial charge on any atom is -0.338 e. The van der Waals surface area contributed by atoms with E-state index in [1.165, 1.54) is 18.2 Å². The van der Waals surface area contributed by atoms with E-state index in [-0.39, 0.29) is 5.82 Å². The van der Waals surface area contributed by atoms with E-state index in [9.17, 15) is 4.39 Å². The third-order valence-corrected chi connectivity index (χ3v) is 3.04. The van der Waals surface area contributed by atoms with Crippen molar-refractivity contribution in [2.24, 2.45) is 0 Å². The van der Waals surface area contributed by atoms with Crippen molar-refractivity contribution in [2.75, 3.05) is 5.32 Å². The smallest absolute Gasteiger partial charge is 0.149 e. The summed E-state index contributed by atoms with van der Waals surface area (Å²) in [6.07, 6.45) is 1.58. The van der Waals surface area contributed by atoms with Gasteiger partial charge in [0.1, 0.15) is 11.6 Å². The molecule has 0 aliphatic rings. The largest absolute Gasteiger partial charge is 0.338 e. The summed E-state index contributed by atoms with van der Waals surface area (Å²) in [5.74, 6) is 0.0347. The molecule has 0 aliphatic carbocycles. The summed E-state index contributed by atoms with van der Waals surface area (Å²) in [6, 6.07) is 5.71. The topological polar surface area (TPSA) is 24.9 Å². The fraction of sp³-hybridized carbons (Fsp3) is 0. The number of nitrogens with zero attached hydrogens (tertiary/aromatic N) is 1. The van der Waals surface area contributed by atoms with Crippen LogP contribution in [0.4, 0.5) is 15.9 Å². The van der Waals surface area contributed by atoms with Crippen molar-refractivity contribution in [3.05, 3.63) is 50.8 Å². The van der Waals surface area contributed by atoms with Gasteiger partial charge in [0.05, 0.1) is 15.7 Å². The van der Waals surface area contributed by atoms with Gasteiger partial charge < -0.3 is 5.32 Å². The van der Waals surface area contributed by atoms with Crippen molar-refractivity contribution in [1.82, 2.24) is 4.98 Å². The van der Waals surface area contributed by atoms with E-state index in [0.29, 0.717) is 21.6 Å². The molecule has 1 N–H and O–H groups in total. The molecule has 2 rings (SSSR count). The Morgan fingerprint density at radius 3 is 2.65 bits per heavy atom. The van der Waals surface area contributed by atoms with Crippen LogP contribution in [-0.4, -0.2) is 4.98 Å². The van der Waals surface area contributed by atoms with Crippen LogP contribution in [0, 0.1) is 5.82 Å². The fourth-order valence-electron chi connectivity index (χ4n) is 1.23. The number of hydrogen-bond donors (Lipinski definition) is 1. The zero-order valence-electron chi connectivity index (χ0n) is 8.35. The van der Waals surface area contributed by atoms with Crippen molar-refractivity contribution in [1.29, 1.82) is 0 Å². The van der Waals surface area contributed by atoms with Gasteiger partial charge in [-0.2, -0.15) is 0 Å². The Kier molecular flexibility index (Phi) is 3.86. The Hall–Kier alpha value is -0.840. The normalized spacial score (nSPS) is 10.4. The highest BCUT2D eigenvalue weighted by atomic mass is 79.9. The van der Waals surface area contributed by atoms with Gasteiger partial charge in [0.15, 0.2) is 0 Å². The van der Waals surface area contributed by atoms with E-state index in [2.05, 4.69) is 26.2 Å². The lowest BCUT2D eigenvalue weighted by molar-refractivity contribution is 0.628. The molecule has 0 saturated heterocycles. The van der Waals surface area contributed by atoms with E-state index in [4.69, 9.17) is 23.2 Å². The van der Waals surface area contributed by atoms with Gasteiger partial charge >= 0.3 is 0 Å².